The highest BCUT2D eigenvalue weighted by Gasteiger charge is 2.34. The van der Waals surface area contributed by atoms with E-state index in [4.69, 9.17) is 0 Å². The summed E-state index contributed by atoms with van der Waals surface area (Å²) < 4.78 is 55.2. The second-order valence-electron chi connectivity index (χ2n) is 6.77. The van der Waals surface area contributed by atoms with E-state index >= 15 is 0 Å². The molecular weight excluding hydrogens is 420 g/mol. The van der Waals surface area contributed by atoms with Crippen LogP contribution in [-0.4, -0.2) is 26.4 Å². The summed E-state index contributed by atoms with van der Waals surface area (Å²) in [5.74, 6) is -0.811. The van der Waals surface area contributed by atoms with E-state index in [2.05, 4.69) is 15.5 Å². The molecule has 4 rings (SSSR count). The molecule has 156 valence electrons. The quantitative estimate of drug-likeness (QED) is 0.428. The molecule has 0 atom stereocenters. The van der Waals surface area contributed by atoms with Gasteiger partial charge in [0.05, 0.1) is 22.6 Å². The Balaban J connectivity index is 1.50. The maximum atomic E-state index is 14.2. The van der Waals surface area contributed by atoms with Gasteiger partial charge in [-0.15, -0.1) is 10.2 Å². The number of rotatable bonds is 6. The van der Waals surface area contributed by atoms with E-state index in [1.807, 2.05) is 0 Å². The van der Waals surface area contributed by atoms with Gasteiger partial charge in [0.2, 0.25) is 5.91 Å². The molecule has 0 spiro atoms. The second kappa shape index (κ2) is 8.10. The van der Waals surface area contributed by atoms with Crippen LogP contribution in [0, 0.1) is 5.82 Å². The fourth-order valence-corrected chi connectivity index (χ4v) is 3.82. The molecule has 1 aromatic heterocycles. The van der Waals surface area contributed by atoms with Gasteiger partial charge >= 0.3 is 6.18 Å². The van der Waals surface area contributed by atoms with E-state index in [1.54, 1.807) is 22.8 Å². The van der Waals surface area contributed by atoms with E-state index in [9.17, 15) is 22.4 Å². The largest absolute Gasteiger partial charge is 0.418 e. The minimum absolute atomic E-state index is 0.117. The van der Waals surface area contributed by atoms with Crippen LogP contribution >= 0.6 is 11.8 Å². The number of nitrogens with one attached hydrogen (secondary N) is 1. The molecule has 5 nitrogen and oxygen atoms in total. The Hall–Kier alpha value is -2.88. The SMILES string of the molecule is O=C(CSc1nnc(-c2ccccc2F)n1C1CC1)Nc1ccccc1C(F)(F)F. The number of hydrogen-bond acceptors (Lipinski definition) is 4. The van der Waals surface area contributed by atoms with Crippen molar-refractivity contribution in [2.45, 2.75) is 30.2 Å². The zero-order chi connectivity index (χ0) is 21.3. The zero-order valence-electron chi connectivity index (χ0n) is 15.5. The van der Waals surface area contributed by atoms with Gasteiger partial charge in [-0.2, -0.15) is 13.2 Å². The Morgan fingerprint density at radius 1 is 1.10 bits per heavy atom. The summed E-state index contributed by atoms with van der Waals surface area (Å²) in [7, 11) is 0. The molecule has 10 heteroatoms. The van der Waals surface area contributed by atoms with Crippen LogP contribution in [-0.2, 0) is 11.0 Å². The van der Waals surface area contributed by atoms with Crippen molar-refractivity contribution >= 4 is 23.4 Å². The molecule has 30 heavy (non-hydrogen) atoms. The lowest BCUT2D eigenvalue weighted by Crippen LogP contribution is -2.18. The van der Waals surface area contributed by atoms with E-state index < -0.39 is 23.5 Å². The first-order valence-electron chi connectivity index (χ1n) is 9.13. The molecule has 0 saturated heterocycles. The van der Waals surface area contributed by atoms with Gasteiger partial charge in [0, 0.05) is 6.04 Å². The van der Waals surface area contributed by atoms with Crippen molar-refractivity contribution in [1.29, 1.82) is 0 Å². The molecule has 1 aliphatic rings. The first-order valence-corrected chi connectivity index (χ1v) is 10.1. The molecule has 1 saturated carbocycles. The lowest BCUT2D eigenvalue weighted by Gasteiger charge is -2.13. The van der Waals surface area contributed by atoms with Crippen LogP contribution in [0.3, 0.4) is 0 Å². The number of alkyl halides is 3. The van der Waals surface area contributed by atoms with E-state index in [0.717, 1.165) is 30.7 Å². The van der Waals surface area contributed by atoms with Crippen molar-refractivity contribution < 1.29 is 22.4 Å². The third-order valence-corrected chi connectivity index (χ3v) is 5.47. The van der Waals surface area contributed by atoms with Crippen LogP contribution in [0.4, 0.5) is 23.2 Å². The number of halogens is 4. The number of hydrogen-bond donors (Lipinski definition) is 1. The van der Waals surface area contributed by atoms with Crippen LogP contribution in [0.15, 0.2) is 53.7 Å². The van der Waals surface area contributed by atoms with Crippen molar-refractivity contribution in [3.8, 4) is 11.4 Å². The van der Waals surface area contributed by atoms with Crippen molar-refractivity contribution in [2.75, 3.05) is 11.1 Å². The molecular formula is C20H16F4N4OS. The van der Waals surface area contributed by atoms with Crippen molar-refractivity contribution in [3.63, 3.8) is 0 Å². The van der Waals surface area contributed by atoms with Crippen molar-refractivity contribution in [3.05, 3.63) is 59.9 Å². The topological polar surface area (TPSA) is 59.8 Å². The van der Waals surface area contributed by atoms with Gasteiger partial charge in [0.15, 0.2) is 11.0 Å². The molecule has 1 N–H and O–H groups in total. The van der Waals surface area contributed by atoms with E-state index in [0.29, 0.717) is 16.5 Å². The number of benzene rings is 2. The number of para-hydroxylation sites is 1. The first-order chi connectivity index (χ1) is 14.3. The van der Waals surface area contributed by atoms with Gasteiger partial charge in [-0.3, -0.25) is 9.36 Å². The van der Waals surface area contributed by atoms with Crippen molar-refractivity contribution in [1.82, 2.24) is 14.8 Å². The van der Waals surface area contributed by atoms with Gasteiger partial charge in [-0.25, -0.2) is 4.39 Å². The molecule has 1 aliphatic carbocycles. The third-order valence-electron chi connectivity index (χ3n) is 4.53. The minimum atomic E-state index is -4.57. The minimum Gasteiger partial charge on any atom is -0.325 e. The van der Waals surface area contributed by atoms with Crippen molar-refractivity contribution in [2.24, 2.45) is 0 Å². The Labute approximate surface area is 173 Å². The van der Waals surface area contributed by atoms with E-state index in [-0.39, 0.29) is 17.5 Å². The average Bonchev–Trinajstić information content (AvgIpc) is 3.46. The van der Waals surface area contributed by atoms with Crippen LogP contribution in [0.1, 0.15) is 24.4 Å². The molecule has 2 aromatic carbocycles. The molecule has 1 heterocycles. The maximum absolute atomic E-state index is 14.2. The second-order valence-corrected chi connectivity index (χ2v) is 7.71. The van der Waals surface area contributed by atoms with Crippen LogP contribution in [0.5, 0.6) is 0 Å². The Bertz CT molecular complexity index is 1080. The molecule has 0 unspecified atom stereocenters. The number of anilines is 1. The fraction of sp³-hybridized carbons (Fsp3) is 0.250. The first kappa shape index (κ1) is 20.4. The summed E-state index contributed by atoms with van der Waals surface area (Å²) in [6.45, 7) is 0. The summed E-state index contributed by atoms with van der Waals surface area (Å²) in [5.41, 5.74) is -0.898. The predicted octanol–water partition coefficient (Wildman–Crippen LogP) is 5.17. The molecule has 0 radical (unpaired) electrons. The van der Waals surface area contributed by atoms with Gasteiger partial charge in [-0.1, -0.05) is 36.0 Å². The van der Waals surface area contributed by atoms with Gasteiger partial charge < -0.3 is 5.32 Å². The van der Waals surface area contributed by atoms with Gasteiger partial charge in [0.25, 0.3) is 0 Å². The van der Waals surface area contributed by atoms with Gasteiger partial charge in [0.1, 0.15) is 5.82 Å². The summed E-state index contributed by atoms with van der Waals surface area (Å²) in [6.07, 6.45) is -2.80. The Morgan fingerprint density at radius 3 is 2.50 bits per heavy atom. The predicted molar refractivity (Wildman–Crippen MR) is 104 cm³/mol. The van der Waals surface area contributed by atoms with E-state index in [1.165, 1.54) is 24.3 Å². The highest BCUT2D eigenvalue weighted by molar-refractivity contribution is 7.99. The third kappa shape index (κ3) is 4.33. The van der Waals surface area contributed by atoms with Gasteiger partial charge in [-0.05, 0) is 37.1 Å². The zero-order valence-corrected chi connectivity index (χ0v) is 16.3. The number of amides is 1. The number of nitrogens with zero attached hydrogens (tertiary/aromatic N) is 3. The molecule has 1 fully saturated rings. The Morgan fingerprint density at radius 2 is 1.80 bits per heavy atom. The molecule has 1 amide bonds. The number of aromatic nitrogens is 3. The molecule has 3 aromatic rings. The van der Waals surface area contributed by atoms with Crippen LogP contribution < -0.4 is 5.32 Å². The molecule has 0 aliphatic heterocycles. The maximum Gasteiger partial charge on any atom is 0.418 e. The summed E-state index contributed by atoms with van der Waals surface area (Å²) in [4.78, 5) is 12.3. The monoisotopic (exact) mass is 436 g/mol. The lowest BCUT2D eigenvalue weighted by atomic mass is 10.1. The van der Waals surface area contributed by atoms with Crippen LogP contribution in [0.2, 0.25) is 0 Å². The Kier molecular flexibility index (Phi) is 5.50. The number of carbonyl (C=O) groups excluding carboxylic acids is 1. The smallest absolute Gasteiger partial charge is 0.325 e. The number of carbonyl (C=O) groups is 1. The highest BCUT2D eigenvalue weighted by Crippen LogP contribution is 2.41. The summed E-state index contributed by atoms with van der Waals surface area (Å²) in [5, 5.41) is 10.9. The number of thioether (sulfide) groups is 1. The fourth-order valence-electron chi connectivity index (χ4n) is 3.02. The van der Waals surface area contributed by atoms with Crippen LogP contribution in [0.25, 0.3) is 11.4 Å². The normalized spacial score (nSPS) is 14.0. The summed E-state index contributed by atoms with van der Waals surface area (Å²) in [6, 6.07) is 11.1. The lowest BCUT2D eigenvalue weighted by molar-refractivity contribution is -0.137. The summed E-state index contributed by atoms with van der Waals surface area (Å²) >= 11 is 1.05. The standard InChI is InChI=1S/C20H16F4N4OS/c21-15-7-3-1-5-13(15)18-26-27-19(28(18)12-9-10-12)30-11-17(29)25-16-8-4-2-6-14(16)20(22,23)24/h1-8,12H,9-11H2,(H,25,29). The molecule has 0 bridgehead atoms. The average molecular weight is 436 g/mol. The highest BCUT2D eigenvalue weighted by atomic mass is 32.2.